The van der Waals surface area contributed by atoms with Crippen LogP contribution in [0.25, 0.3) is 0 Å². The van der Waals surface area contributed by atoms with Gasteiger partial charge in [-0.3, -0.25) is 15.0 Å². The lowest BCUT2D eigenvalue weighted by Gasteiger charge is -2.06. The molecule has 9 nitrogen and oxygen atoms in total. The second-order valence-corrected chi connectivity index (χ2v) is 4.08. The van der Waals surface area contributed by atoms with Gasteiger partial charge < -0.3 is 10.5 Å². The van der Waals surface area contributed by atoms with E-state index < -0.39 is 11.8 Å². The van der Waals surface area contributed by atoms with E-state index in [2.05, 4.69) is 10.3 Å². The Balaban J connectivity index is 1.89. The van der Waals surface area contributed by atoms with Gasteiger partial charge in [-0.15, -0.1) is 5.10 Å². The summed E-state index contributed by atoms with van der Waals surface area (Å²) in [6.07, 6.45) is 1.45. The van der Waals surface area contributed by atoms with Crippen LogP contribution in [0.1, 0.15) is 20.8 Å². The van der Waals surface area contributed by atoms with Crippen molar-refractivity contribution < 1.29 is 14.3 Å². The number of carbonyl (C=O) groups is 2. The lowest BCUT2D eigenvalue weighted by molar-refractivity contribution is 0.0947. The number of amides is 2. The molecule has 1 aromatic carbocycles. The summed E-state index contributed by atoms with van der Waals surface area (Å²) in [5.41, 5.74) is 7.63. The van der Waals surface area contributed by atoms with Crippen LogP contribution in [0, 0.1) is 0 Å². The third-order valence-electron chi connectivity index (χ3n) is 2.61. The molecule has 21 heavy (non-hydrogen) atoms. The van der Waals surface area contributed by atoms with Gasteiger partial charge in [0.2, 0.25) is 5.91 Å². The molecular formula is C12H14N6O3. The highest BCUT2D eigenvalue weighted by Crippen LogP contribution is 2.12. The van der Waals surface area contributed by atoms with Crippen molar-refractivity contribution in [3.63, 3.8) is 0 Å². The number of nitrogen functional groups attached to an aromatic ring is 1. The molecule has 0 atom stereocenters. The first-order chi connectivity index (χ1) is 10.1. The van der Waals surface area contributed by atoms with Crippen LogP contribution >= 0.6 is 0 Å². The molecule has 2 aromatic rings. The van der Waals surface area contributed by atoms with Gasteiger partial charge in [0.25, 0.3) is 5.91 Å². The minimum Gasteiger partial charge on any atom is -0.492 e. The minimum absolute atomic E-state index is 0.119. The summed E-state index contributed by atoms with van der Waals surface area (Å²) in [7, 11) is 0. The maximum atomic E-state index is 11.2. The zero-order chi connectivity index (χ0) is 15.2. The normalized spacial score (nSPS) is 10.1. The molecule has 1 heterocycles. The lowest BCUT2D eigenvalue weighted by Crippen LogP contribution is -2.30. The third-order valence-corrected chi connectivity index (χ3v) is 2.61. The smallest absolute Gasteiger partial charge is 0.287 e. The quantitative estimate of drug-likeness (QED) is 0.356. The highest BCUT2D eigenvalue weighted by atomic mass is 16.5. The van der Waals surface area contributed by atoms with Gasteiger partial charge >= 0.3 is 0 Å². The monoisotopic (exact) mass is 290 g/mol. The van der Waals surface area contributed by atoms with Crippen LogP contribution in [0.5, 0.6) is 5.75 Å². The second-order valence-electron chi connectivity index (χ2n) is 4.08. The third kappa shape index (κ3) is 3.76. The van der Waals surface area contributed by atoms with Crippen LogP contribution in [-0.4, -0.2) is 33.4 Å². The molecule has 0 fully saturated rings. The number of benzene rings is 1. The largest absolute Gasteiger partial charge is 0.492 e. The Bertz CT molecular complexity index is 654. The van der Waals surface area contributed by atoms with Crippen LogP contribution in [0.2, 0.25) is 0 Å². The maximum absolute atomic E-state index is 11.2. The zero-order valence-corrected chi connectivity index (χ0v) is 11.0. The standard InChI is InChI=1S/C12H14N6O3/c13-11(19)8-2-1-3-9(6-8)21-5-4-18-7-10(16-17-18)12(20)15-14/h1-3,6-7H,4-5,14H2,(H2,13,19)(H,15,20). The second kappa shape index (κ2) is 6.48. The molecule has 0 saturated carbocycles. The molecule has 1 aromatic heterocycles. The van der Waals surface area contributed by atoms with Gasteiger partial charge in [0.05, 0.1) is 12.7 Å². The van der Waals surface area contributed by atoms with Crippen molar-refractivity contribution in [1.29, 1.82) is 0 Å². The number of nitrogens with zero attached hydrogens (tertiary/aromatic N) is 3. The molecule has 9 heteroatoms. The van der Waals surface area contributed by atoms with Crippen molar-refractivity contribution in [2.45, 2.75) is 6.54 Å². The molecule has 110 valence electrons. The van der Waals surface area contributed by atoms with Crippen molar-refractivity contribution in [3.05, 3.63) is 41.7 Å². The van der Waals surface area contributed by atoms with Gasteiger partial charge in [-0.2, -0.15) is 0 Å². The number of rotatable bonds is 6. The number of nitrogens with one attached hydrogen (secondary N) is 1. The van der Waals surface area contributed by atoms with E-state index in [4.69, 9.17) is 16.3 Å². The molecule has 0 saturated heterocycles. The summed E-state index contributed by atoms with van der Waals surface area (Å²) in [5.74, 6) is 4.47. The van der Waals surface area contributed by atoms with Gasteiger partial charge in [-0.1, -0.05) is 11.3 Å². The number of hydrazine groups is 1. The van der Waals surface area contributed by atoms with Crippen LogP contribution in [0.15, 0.2) is 30.5 Å². The average molecular weight is 290 g/mol. The van der Waals surface area contributed by atoms with E-state index in [9.17, 15) is 9.59 Å². The highest BCUT2D eigenvalue weighted by molar-refractivity contribution is 5.93. The van der Waals surface area contributed by atoms with Crippen molar-refractivity contribution in [2.75, 3.05) is 6.61 Å². The molecule has 0 radical (unpaired) electrons. The van der Waals surface area contributed by atoms with E-state index >= 15 is 0 Å². The van der Waals surface area contributed by atoms with Gasteiger partial charge in [0.15, 0.2) is 5.69 Å². The SMILES string of the molecule is NNC(=O)c1cn(CCOc2cccc(C(N)=O)c2)nn1. The van der Waals surface area contributed by atoms with Crippen molar-refractivity contribution in [2.24, 2.45) is 11.6 Å². The van der Waals surface area contributed by atoms with Gasteiger partial charge in [-0.25, -0.2) is 10.5 Å². The van der Waals surface area contributed by atoms with Crippen molar-refractivity contribution in [1.82, 2.24) is 20.4 Å². The van der Waals surface area contributed by atoms with Crippen LogP contribution in [0.3, 0.4) is 0 Å². The van der Waals surface area contributed by atoms with Crippen molar-refractivity contribution >= 4 is 11.8 Å². The number of carbonyl (C=O) groups excluding carboxylic acids is 2. The minimum atomic E-state index is -0.519. The number of primary amides is 1. The Morgan fingerprint density at radius 1 is 1.38 bits per heavy atom. The fourth-order valence-corrected chi connectivity index (χ4v) is 1.58. The summed E-state index contributed by atoms with van der Waals surface area (Å²) in [4.78, 5) is 22.2. The van der Waals surface area contributed by atoms with Gasteiger partial charge in [0, 0.05) is 5.56 Å². The van der Waals surface area contributed by atoms with Crippen LogP contribution in [-0.2, 0) is 6.54 Å². The molecule has 5 N–H and O–H groups in total. The predicted molar refractivity (Wildman–Crippen MR) is 72.1 cm³/mol. The van der Waals surface area contributed by atoms with Crippen molar-refractivity contribution in [3.8, 4) is 5.75 Å². The number of hydrogen-bond donors (Lipinski definition) is 3. The molecule has 0 unspecified atom stereocenters. The van der Waals surface area contributed by atoms with Crippen LogP contribution in [0.4, 0.5) is 0 Å². The summed E-state index contributed by atoms with van der Waals surface area (Å²) < 4.78 is 6.92. The lowest BCUT2D eigenvalue weighted by atomic mass is 10.2. The topological polar surface area (TPSA) is 138 Å². The average Bonchev–Trinajstić information content (AvgIpc) is 2.95. The Labute approximate surface area is 119 Å². The molecule has 2 amide bonds. The van der Waals surface area contributed by atoms with Gasteiger partial charge in [0.1, 0.15) is 12.4 Å². The van der Waals surface area contributed by atoms with E-state index in [1.807, 2.05) is 5.43 Å². The van der Waals surface area contributed by atoms with E-state index in [0.29, 0.717) is 17.9 Å². The Morgan fingerprint density at radius 3 is 2.90 bits per heavy atom. The maximum Gasteiger partial charge on any atom is 0.287 e. The van der Waals surface area contributed by atoms with E-state index in [1.54, 1.807) is 24.3 Å². The first-order valence-electron chi connectivity index (χ1n) is 6.04. The Morgan fingerprint density at radius 2 is 2.19 bits per heavy atom. The molecule has 0 aliphatic carbocycles. The Hall–Kier alpha value is -2.94. The van der Waals surface area contributed by atoms with Crippen LogP contribution < -0.4 is 21.7 Å². The van der Waals surface area contributed by atoms with E-state index in [0.717, 1.165) is 0 Å². The van der Waals surface area contributed by atoms with E-state index in [1.165, 1.54) is 10.9 Å². The number of hydrogen-bond acceptors (Lipinski definition) is 6. The van der Waals surface area contributed by atoms with E-state index in [-0.39, 0.29) is 12.3 Å². The fraction of sp³-hybridized carbons (Fsp3) is 0.167. The molecule has 0 spiro atoms. The molecular weight excluding hydrogens is 276 g/mol. The number of ether oxygens (including phenoxy) is 1. The predicted octanol–water partition coefficient (Wildman–Crippen LogP) is -0.940. The first-order valence-corrected chi connectivity index (χ1v) is 6.04. The number of nitrogens with two attached hydrogens (primary N) is 2. The zero-order valence-electron chi connectivity index (χ0n) is 11.0. The first kappa shape index (κ1) is 14.5. The summed E-state index contributed by atoms with van der Waals surface area (Å²) in [6, 6.07) is 6.54. The molecule has 0 bridgehead atoms. The summed E-state index contributed by atoms with van der Waals surface area (Å²) >= 11 is 0. The molecule has 0 aliphatic rings. The Kier molecular flexibility index (Phi) is 4.46. The molecule has 2 rings (SSSR count). The summed E-state index contributed by atoms with van der Waals surface area (Å²) in [5, 5.41) is 7.41. The highest BCUT2D eigenvalue weighted by Gasteiger charge is 2.08. The molecule has 0 aliphatic heterocycles. The van der Waals surface area contributed by atoms with Gasteiger partial charge in [-0.05, 0) is 18.2 Å². The number of aromatic nitrogens is 3. The summed E-state index contributed by atoms with van der Waals surface area (Å²) in [6.45, 7) is 0.668. The fourth-order valence-electron chi connectivity index (χ4n) is 1.58.